The first-order valence-corrected chi connectivity index (χ1v) is 7.70. The van der Waals surface area contributed by atoms with E-state index < -0.39 is 0 Å². The van der Waals surface area contributed by atoms with Gasteiger partial charge in [-0.3, -0.25) is 0 Å². The molecule has 0 spiro atoms. The Morgan fingerprint density at radius 1 is 1.53 bits per heavy atom. The summed E-state index contributed by atoms with van der Waals surface area (Å²) in [7, 11) is 0. The van der Waals surface area contributed by atoms with Gasteiger partial charge in [-0.05, 0) is 37.6 Å². The van der Waals surface area contributed by atoms with E-state index in [2.05, 4.69) is 35.8 Å². The second-order valence-electron chi connectivity index (χ2n) is 5.20. The van der Waals surface area contributed by atoms with Gasteiger partial charge in [-0.15, -0.1) is 0 Å². The Balaban J connectivity index is 1.84. The van der Waals surface area contributed by atoms with Crippen molar-refractivity contribution in [3.8, 4) is 5.75 Å². The minimum Gasteiger partial charge on any atom is -0.489 e. The summed E-state index contributed by atoms with van der Waals surface area (Å²) in [6.07, 6.45) is 1.30. The van der Waals surface area contributed by atoms with Gasteiger partial charge in [0.15, 0.2) is 0 Å². The zero-order valence-corrected chi connectivity index (χ0v) is 12.6. The molecule has 1 aromatic carbocycles. The molecule has 17 heavy (non-hydrogen) atoms. The van der Waals surface area contributed by atoms with Gasteiger partial charge in [-0.25, -0.2) is 0 Å². The molecule has 2 N–H and O–H groups in total. The van der Waals surface area contributed by atoms with Crippen LogP contribution in [0.5, 0.6) is 5.75 Å². The lowest BCUT2D eigenvalue weighted by Crippen LogP contribution is -2.35. The van der Waals surface area contributed by atoms with Crippen LogP contribution in [0.4, 0.5) is 0 Å². The summed E-state index contributed by atoms with van der Waals surface area (Å²) >= 11 is 5.36. The Morgan fingerprint density at radius 3 is 3.00 bits per heavy atom. The summed E-state index contributed by atoms with van der Waals surface area (Å²) in [6.45, 7) is 4.11. The largest absolute Gasteiger partial charge is 0.489 e. The highest BCUT2D eigenvalue weighted by Gasteiger charge is 2.23. The fourth-order valence-electron chi connectivity index (χ4n) is 1.84. The van der Waals surface area contributed by atoms with Gasteiger partial charge in [0.1, 0.15) is 11.9 Å². The van der Waals surface area contributed by atoms with E-state index in [0.29, 0.717) is 6.10 Å². The molecule has 0 amide bonds. The van der Waals surface area contributed by atoms with Crippen LogP contribution in [0.2, 0.25) is 0 Å². The molecule has 94 valence electrons. The van der Waals surface area contributed by atoms with E-state index in [0.717, 1.165) is 28.1 Å². The molecular formula is C13H18BrNOS. The van der Waals surface area contributed by atoms with E-state index >= 15 is 0 Å². The molecule has 1 aliphatic heterocycles. The first kappa shape index (κ1) is 13.2. The lowest BCUT2D eigenvalue weighted by Gasteiger charge is -2.18. The van der Waals surface area contributed by atoms with Gasteiger partial charge in [-0.2, -0.15) is 11.8 Å². The van der Waals surface area contributed by atoms with Crippen LogP contribution >= 0.6 is 27.7 Å². The quantitative estimate of drug-likeness (QED) is 0.926. The number of hydrogen-bond acceptors (Lipinski definition) is 3. The number of rotatable bonds is 4. The minimum absolute atomic E-state index is 0.0981. The molecule has 2 rings (SSSR count). The first-order valence-electron chi connectivity index (χ1n) is 5.76. The number of halogens is 1. The van der Waals surface area contributed by atoms with E-state index in [1.54, 1.807) is 0 Å². The van der Waals surface area contributed by atoms with Crippen molar-refractivity contribution in [1.82, 2.24) is 0 Å². The summed E-state index contributed by atoms with van der Waals surface area (Å²) < 4.78 is 7.02. The van der Waals surface area contributed by atoms with Gasteiger partial charge in [-0.1, -0.05) is 15.9 Å². The van der Waals surface area contributed by atoms with Crippen LogP contribution in [-0.2, 0) is 6.42 Å². The Morgan fingerprint density at radius 2 is 2.29 bits per heavy atom. The summed E-state index contributed by atoms with van der Waals surface area (Å²) in [6, 6.07) is 6.21. The molecular weight excluding hydrogens is 298 g/mol. The maximum atomic E-state index is 5.96. The number of thioether (sulfide) groups is 1. The minimum atomic E-state index is -0.0981. The fraction of sp³-hybridized carbons (Fsp3) is 0.538. The molecule has 0 aliphatic carbocycles. The molecule has 0 saturated carbocycles. The topological polar surface area (TPSA) is 35.2 Å². The van der Waals surface area contributed by atoms with Crippen LogP contribution in [0.15, 0.2) is 22.7 Å². The second-order valence-corrected chi connectivity index (χ2v) is 7.15. The molecule has 0 aromatic heterocycles. The maximum Gasteiger partial charge on any atom is 0.123 e. The van der Waals surface area contributed by atoms with Crippen molar-refractivity contribution in [3.63, 3.8) is 0 Å². The van der Waals surface area contributed by atoms with Gasteiger partial charge in [0.25, 0.3) is 0 Å². The Kier molecular flexibility index (Phi) is 4.06. The average Bonchev–Trinajstić information content (AvgIpc) is 2.57. The van der Waals surface area contributed by atoms with Crippen molar-refractivity contribution in [2.24, 2.45) is 5.73 Å². The smallest absolute Gasteiger partial charge is 0.123 e. The number of benzene rings is 1. The first-order chi connectivity index (χ1) is 7.94. The molecule has 0 radical (unpaired) electrons. The van der Waals surface area contributed by atoms with E-state index in [4.69, 9.17) is 10.5 Å². The van der Waals surface area contributed by atoms with Crippen LogP contribution in [0.25, 0.3) is 0 Å². The van der Waals surface area contributed by atoms with E-state index in [9.17, 15) is 0 Å². The van der Waals surface area contributed by atoms with Crippen molar-refractivity contribution in [2.75, 3.05) is 11.5 Å². The molecule has 2 nitrogen and oxygen atoms in total. The Bertz CT molecular complexity index is 403. The average molecular weight is 316 g/mol. The molecule has 1 aliphatic rings. The highest BCUT2D eigenvalue weighted by Crippen LogP contribution is 2.32. The van der Waals surface area contributed by atoms with Crippen molar-refractivity contribution in [3.05, 3.63) is 28.2 Å². The van der Waals surface area contributed by atoms with Crippen molar-refractivity contribution < 1.29 is 4.74 Å². The van der Waals surface area contributed by atoms with Crippen LogP contribution < -0.4 is 10.5 Å². The highest BCUT2D eigenvalue weighted by molar-refractivity contribution is 9.10. The molecule has 1 atom stereocenters. The molecule has 0 saturated heterocycles. The Labute approximate surface area is 115 Å². The molecule has 0 bridgehead atoms. The number of fused-ring (bicyclic) bond motifs is 1. The van der Waals surface area contributed by atoms with Crippen molar-refractivity contribution in [2.45, 2.75) is 31.9 Å². The monoisotopic (exact) mass is 315 g/mol. The third-order valence-electron chi connectivity index (χ3n) is 2.54. The number of nitrogens with two attached hydrogens (primary N) is 1. The zero-order chi connectivity index (χ0) is 12.5. The van der Waals surface area contributed by atoms with E-state index in [1.807, 2.05) is 23.9 Å². The molecule has 0 fully saturated rings. The Hall–Kier alpha value is -0.190. The molecule has 1 unspecified atom stereocenters. The van der Waals surface area contributed by atoms with Gasteiger partial charge >= 0.3 is 0 Å². The SMILES string of the molecule is CC(C)(N)CSCC1Cc2cc(Br)ccc2O1. The summed E-state index contributed by atoms with van der Waals surface area (Å²) in [4.78, 5) is 0. The summed E-state index contributed by atoms with van der Waals surface area (Å²) in [5.74, 6) is 3.01. The maximum absolute atomic E-state index is 5.96. The van der Waals surface area contributed by atoms with Crippen LogP contribution in [0.3, 0.4) is 0 Å². The van der Waals surface area contributed by atoms with E-state index in [1.165, 1.54) is 5.56 Å². The van der Waals surface area contributed by atoms with Gasteiger partial charge in [0.2, 0.25) is 0 Å². The fourth-order valence-corrected chi connectivity index (χ4v) is 3.34. The van der Waals surface area contributed by atoms with Gasteiger partial charge < -0.3 is 10.5 Å². The molecule has 1 heterocycles. The van der Waals surface area contributed by atoms with Crippen LogP contribution in [0.1, 0.15) is 19.4 Å². The third kappa shape index (κ3) is 3.90. The molecule has 1 aromatic rings. The number of ether oxygens (including phenoxy) is 1. The normalized spacial score (nSPS) is 18.9. The predicted octanol–water partition coefficient (Wildman–Crippen LogP) is 3.22. The molecule has 4 heteroatoms. The van der Waals surface area contributed by atoms with Gasteiger partial charge in [0, 0.05) is 27.9 Å². The number of hydrogen-bond donors (Lipinski definition) is 1. The lowest BCUT2D eigenvalue weighted by molar-refractivity contribution is 0.259. The zero-order valence-electron chi connectivity index (χ0n) is 10.2. The second kappa shape index (κ2) is 5.21. The van der Waals surface area contributed by atoms with Crippen molar-refractivity contribution in [1.29, 1.82) is 0 Å². The van der Waals surface area contributed by atoms with E-state index in [-0.39, 0.29) is 5.54 Å². The summed E-state index contributed by atoms with van der Waals surface area (Å²) in [5.41, 5.74) is 7.16. The standard InChI is InChI=1S/C13H18BrNOS/c1-13(2,15)8-17-7-11-6-9-5-10(14)3-4-12(9)16-11/h3-5,11H,6-8,15H2,1-2H3. The van der Waals surface area contributed by atoms with Crippen LogP contribution in [-0.4, -0.2) is 23.1 Å². The van der Waals surface area contributed by atoms with Crippen LogP contribution in [0, 0.1) is 0 Å². The highest BCUT2D eigenvalue weighted by atomic mass is 79.9. The lowest BCUT2D eigenvalue weighted by atomic mass is 10.1. The van der Waals surface area contributed by atoms with Crippen molar-refractivity contribution >= 4 is 27.7 Å². The predicted molar refractivity (Wildman–Crippen MR) is 77.9 cm³/mol. The third-order valence-corrected chi connectivity index (χ3v) is 4.59. The van der Waals surface area contributed by atoms with Gasteiger partial charge in [0.05, 0.1) is 0 Å². The summed E-state index contributed by atoms with van der Waals surface area (Å²) in [5, 5.41) is 0.